The fourth-order valence-corrected chi connectivity index (χ4v) is 2.05. The first-order valence-electron chi connectivity index (χ1n) is 6.73. The maximum atomic E-state index is 12.0. The Kier molecular flexibility index (Phi) is 6.23. The molecule has 1 atom stereocenters. The average molecular weight is 286 g/mol. The molecule has 4 N–H and O–H groups in total. The number of carboxylic acid groups (broad SMARTS) is 1. The maximum Gasteiger partial charge on any atom is 0.326 e. The molecule has 0 aliphatic carbocycles. The van der Waals surface area contributed by atoms with Crippen LogP contribution < -0.4 is 11.1 Å². The summed E-state index contributed by atoms with van der Waals surface area (Å²) in [7, 11) is 0. The molecule has 0 saturated carbocycles. The van der Waals surface area contributed by atoms with Crippen LogP contribution >= 0.6 is 0 Å². The summed E-state index contributed by atoms with van der Waals surface area (Å²) in [6.07, 6.45) is -0.0633. The predicted octanol–water partition coefficient (Wildman–Crippen LogP) is -0.948. The van der Waals surface area contributed by atoms with E-state index in [1.165, 1.54) is 0 Å². The van der Waals surface area contributed by atoms with Gasteiger partial charge in [0.1, 0.15) is 6.04 Å². The minimum Gasteiger partial charge on any atom is -0.480 e. The lowest BCUT2D eigenvalue weighted by molar-refractivity contribution is -0.139. The number of likely N-dealkylation sites (N-methyl/N-ethyl adjacent to an activating group) is 1. The van der Waals surface area contributed by atoms with Gasteiger partial charge in [-0.1, -0.05) is 6.92 Å². The number of hydrogen-bond acceptors (Lipinski definition) is 4. The van der Waals surface area contributed by atoms with Gasteiger partial charge in [0.2, 0.25) is 5.91 Å². The molecule has 0 aromatic carbocycles. The number of primary amides is 1. The molecule has 1 heterocycles. The summed E-state index contributed by atoms with van der Waals surface area (Å²) in [6.45, 7) is 5.70. The predicted molar refractivity (Wildman–Crippen MR) is 72.1 cm³/mol. The molecule has 0 aromatic rings. The highest BCUT2D eigenvalue weighted by atomic mass is 16.4. The summed E-state index contributed by atoms with van der Waals surface area (Å²) in [4.78, 5) is 37.5. The first-order valence-corrected chi connectivity index (χ1v) is 6.73. The van der Waals surface area contributed by atoms with Crippen LogP contribution in [0.2, 0.25) is 0 Å². The van der Waals surface area contributed by atoms with Gasteiger partial charge in [-0.15, -0.1) is 0 Å². The van der Waals surface area contributed by atoms with Crippen molar-refractivity contribution in [1.29, 1.82) is 0 Å². The second-order valence-corrected chi connectivity index (χ2v) is 4.77. The zero-order valence-electron chi connectivity index (χ0n) is 11.7. The van der Waals surface area contributed by atoms with E-state index in [-0.39, 0.29) is 12.8 Å². The average Bonchev–Trinajstić information content (AvgIpc) is 2.42. The molecule has 114 valence electrons. The Morgan fingerprint density at radius 1 is 1.25 bits per heavy atom. The number of nitrogens with zero attached hydrogens (tertiary/aromatic N) is 2. The number of carbonyl (C=O) groups is 3. The zero-order valence-corrected chi connectivity index (χ0v) is 11.7. The molecule has 1 aliphatic heterocycles. The third-order valence-corrected chi connectivity index (χ3v) is 3.38. The summed E-state index contributed by atoms with van der Waals surface area (Å²) in [5, 5.41) is 11.5. The second-order valence-electron chi connectivity index (χ2n) is 4.77. The van der Waals surface area contributed by atoms with Crippen molar-refractivity contribution in [3.8, 4) is 0 Å². The SMILES string of the molecule is CCN1CCN(C(=O)NC(CCC(N)=O)C(=O)O)CC1. The number of piperazine rings is 1. The Labute approximate surface area is 117 Å². The number of urea groups is 1. The van der Waals surface area contributed by atoms with Crippen molar-refractivity contribution in [1.82, 2.24) is 15.1 Å². The molecule has 3 amide bonds. The fourth-order valence-electron chi connectivity index (χ4n) is 2.05. The number of aliphatic carboxylic acids is 1. The smallest absolute Gasteiger partial charge is 0.326 e. The molecular formula is C12H22N4O4. The number of rotatable bonds is 6. The largest absolute Gasteiger partial charge is 0.480 e. The number of nitrogens with two attached hydrogens (primary N) is 1. The molecule has 0 bridgehead atoms. The quantitative estimate of drug-likeness (QED) is 0.582. The third kappa shape index (κ3) is 5.04. The van der Waals surface area contributed by atoms with Gasteiger partial charge < -0.3 is 26.0 Å². The normalized spacial score (nSPS) is 17.6. The molecule has 1 saturated heterocycles. The monoisotopic (exact) mass is 286 g/mol. The van der Waals surface area contributed by atoms with Crippen LogP contribution in [0.1, 0.15) is 19.8 Å². The molecule has 0 aromatic heterocycles. The van der Waals surface area contributed by atoms with E-state index in [0.717, 1.165) is 19.6 Å². The fraction of sp³-hybridized carbons (Fsp3) is 0.750. The molecule has 1 aliphatic rings. The van der Waals surface area contributed by atoms with Crippen molar-refractivity contribution in [3.05, 3.63) is 0 Å². The number of nitrogens with one attached hydrogen (secondary N) is 1. The molecule has 1 rings (SSSR count). The first kappa shape index (κ1) is 16.2. The van der Waals surface area contributed by atoms with Gasteiger partial charge in [-0.25, -0.2) is 9.59 Å². The van der Waals surface area contributed by atoms with E-state index in [1.54, 1.807) is 4.90 Å². The van der Waals surface area contributed by atoms with Crippen molar-refractivity contribution in [2.45, 2.75) is 25.8 Å². The molecule has 20 heavy (non-hydrogen) atoms. The number of carbonyl (C=O) groups excluding carboxylic acids is 2. The molecule has 1 fully saturated rings. The number of hydrogen-bond donors (Lipinski definition) is 3. The van der Waals surface area contributed by atoms with E-state index < -0.39 is 23.9 Å². The Hall–Kier alpha value is -1.83. The highest BCUT2D eigenvalue weighted by molar-refractivity contribution is 5.83. The summed E-state index contributed by atoms with van der Waals surface area (Å²) >= 11 is 0. The summed E-state index contributed by atoms with van der Waals surface area (Å²) in [6, 6.07) is -1.49. The van der Waals surface area contributed by atoms with Crippen LogP contribution in [0.25, 0.3) is 0 Å². The van der Waals surface area contributed by atoms with Crippen molar-refractivity contribution < 1.29 is 19.5 Å². The van der Waals surface area contributed by atoms with Gasteiger partial charge >= 0.3 is 12.0 Å². The Bertz CT molecular complexity index is 366. The molecule has 8 nitrogen and oxygen atoms in total. The molecule has 1 unspecified atom stereocenters. The second kappa shape index (κ2) is 7.68. The van der Waals surface area contributed by atoms with E-state index in [1.807, 2.05) is 0 Å². The van der Waals surface area contributed by atoms with Crippen LogP contribution in [0.4, 0.5) is 4.79 Å². The van der Waals surface area contributed by atoms with E-state index in [9.17, 15) is 14.4 Å². The van der Waals surface area contributed by atoms with Crippen molar-refractivity contribution in [3.63, 3.8) is 0 Å². The van der Waals surface area contributed by atoms with Crippen molar-refractivity contribution in [2.75, 3.05) is 32.7 Å². The Morgan fingerprint density at radius 2 is 1.85 bits per heavy atom. The van der Waals surface area contributed by atoms with Gasteiger partial charge in [0, 0.05) is 32.6 Å². The Balaban J connectivity index is 2.45. The maximum absolute atomic E-state index is 12.0. The van der Waals surface area contributed by atoms with Crippen LogP contribution in [0.3, 0.4) is 0 Å². The van der Waals surface area contributed by atoms with E-state index in [2.05, 4.69) is 17.1 Å². The zero-order chi connectivity index (χ0) is 15.1. The molecule has 8 heteroatoms. The molecule has 0 spiro atoms. The van der Waals surface area contributed by atoms with Crippen LogP contribution in [-0.4, -0.2) is 71.6 Å². The number of amides is 3. The lowest BCUT2D eigenvalue weighted by Crippen LogP contribution is -2.54. The van der Waals surface area contributed by atoms with Crippen LogP contribution in [0.15, 0.2) is 0 Å². The van der Waals surface area contributed by atoms with E-state index in [4.69, 9.17) is 10.8 Å². The molecule has 0 radical (unpaired) electrons. The standard InChI is InChI=1S/C12H22N4O4/c1-2-15-5-7-16(8-6-15)12(20)14-9(11(18)19)3-4-10(13)17/h9H,2-8H2,1H3,(H2,13,17)(H,14,20)(H,18,19). The van der Waals surface area contributed by atoms with E-state index >= 15 is 0 Å². The van der Waals surface area contributed by atoms with E-state index in [0.29, 0.717) is 13.1 Å². The number of carboxylic acids is 1. The van der Waals surface area contributed by atoms with Gasteiger partial charge in [-0.05, 0) is 13.0 Å². The lowest BCUT2D eigenvalue weighted by Gasteiger charge is -2.34. The summed E-state index contributed by atoms with van der Waals surface area (Å²) in [5.74, 6) is -1.74. The van der Waals surface area contributed by atoms with Crippen LogP contribution in [-0.2, 0) is 9.59 Å². The summed E-state index contributed by atoms with van der Waals surface area (Å²) in [5.41, 5.74) is 4.98. The first-order chi connectivity index (χ1) is 9.43. The van der Waals surface area contributed by atoms with Crippen molar-refractivity contribution in [2.24, 2.45) is 5.73 Å². The van der Waals surface area contributed by atoms with Gasteiger partial charge in [-0.2, -0.15) is 0 Å². The summed E-state index contributed by atoms with van der Waals surface area (Å²) < 4.78 is 0. The molecular weight excluding hydrogens is 264 g/mol. The highest BCUT2D eigenvalue weighted by Gasteiger charge is 2.25. The Morgan fingerprint density at radius 3 is 2.30 bits per heavy atom. The highest BCUT2D eigenvalue weighted by Crippen LogP contribution is 2.04. The van der Waals surface area contributed by atoms with Gasteiger partial charge in [0.25, 0.3) is 0 Å². The minimum absolute atomic E-state index is 0.00529. The third-order valence-electron chi connectivity index (χ3n) is 3.38. The van der Waals surface area contributed by atoms with Crippen LogP contribution in [0, 0.1) is 0 Å². The minimum atomic E-state index is -1.16. The van der Waals surface area contributed by atoms with Crippen LogP contribution in [0.5, 0.6) is 0 Å². The van der Waals surface area contributed by atoms with Gasteiger partial charge in [-0.3, -0.25) is 4.79 Å². The van der Waals surface area contributed by atoms with Gasteiger partial charge in [0.05, 0.1) is 0 Å². The topological polar surface area (TPSA) is 116 Å². The lowest BCUT2D eigenvalue weighted by atomic mass is 10.1. The van der Waals surface area contributed by atoms with Gasteiger partial charge in [0.15, 0.2) is 0 Å². The van der Waals surface area contributed by atoms with Crippen molar-refractivity contribution >= 4 is 17.9 Å².